The van der Waals surface area contributed by atoms with Gasteiger partial charge in [0.2, 0.25) is 5.43 Å². The largest absolute Gasteiger partial charge is 0.479 e. The molecule has 0 bridgehead atoms. The van der Waals surface area contributed by atoms with Gasteiger partial charge in [-0.15, -0.1) is 0 Å². The van der Waals surface area contributed by atoms with E-state index in [9.17, 15) is 9.59 Å². The Morgan fingerprint density at radius 2 is 1.93 bits per heavy atom. The number of rotatable bonds is 6. The maximum atomic E-state index is 12.8. The van der Waals surface area contributed by atoms with Crippen LogP contribution >= 0.6 is 11.6 Å². The van der Waals surface area contributed by atoms with Crippen LogP contribution in [0.25, 0.3) is 22.1 Å². The van der Waals surface area contributed by atoms with Gasteiger partial charge in [0.05, 0.1) is 17.6 Å². The number of hydrogen-bond acceptors (Lipinski definition) is 5. The Kier molecular flexibility index (Phi) is 5.81. The van der Waals surface area contributed by atoms with Crippen molar-refractivity contribution in [2.45, 2.75) is 26.4 Å². The number of carbonyl (C=O) groups is 1. The summed E-state index contributed by atoms with van der Waals surface area (Å²) in [6.07, 6.45) is 1.14. The molecule has 0 N–H and O–H groups in total. The standard InChI is InChI=1S/C21H19ClO5/c1-3-18(21(24)25-4-2)27-13-9-10-15-19(11-13)26-12-16(20(15)23)14-7-5-6-8-17(14)22/h5-12,18H,3-4H2,1-2H3. The minimum absolute atomic E-state index is 0.187. The van der Waals surface area contributed by atoms with E-state index in [4.69, 9.17) is 25.5 Å². The first-order chi connectivity index (χ1) is 13.0. The summed E-state index contributed by atoms with van der Waals surface area (Å²) in [5.41, 5.74) is 1.18. The summed E-state index contributed by atoms with van der Waals surface area (Å²) in [6.45, 7) is 3.86. The van der Waals surface area contributed by atoms with Gasteiger partial charge in [0.1, 0.15) is 17.6 Å². The molecule has 6 heteroatoms. The smallest absolute Gasteiger partial charge is 0.347 e. The lowest BCUT2D eigenvalue weighted by atomic mass is 10.1. The second-order valence-corrected chi connectivity index (χ2v) is 6.29. The predicted molar refractivity (Wildman–Crippen MR) is 104 cm³/mol. The zero-order valence-electron chi connectivity index (χ0n) is 15.0. The molecule has 0 amide bonds. The Balaban J connectivity index is 1.96. The molecule has 0 aliphatic heterocycles. The average molecular weight is 387 g/mol. The minimum atomic E-state index is -0.712. The average Bonchev–Trinajstić information content (AvgIpc) is 2.67. The second kappa shape index (κ2) is 8.27. The molecule has 2 aromatic carbocycles. The SMILES string of the molecule is CCOC(=O)C(CC)Oc1ccc2c(=O)c(-c3ccccc3Cl)coc2c1. The van der Waals surface area contributed by atoms with Crippen molar-refractivity contribution in [1.29, 1.82) is 0 Å². The van der Waals surface area contributed by atoms with E-state index in [0.717, 1.165) is 0 Å². The lowest BCUT2D eigenvalue weighted by Crippen LogP contribution is -2.28. The maximum Gasteiger partial charge on any atom is 0.347 e. The van der Waals surface area contributed by atoms with Crippen molar-refractivity contribution in [3.05, 3.63) is 64.0 Å². The summed E-state index contributed by atoms with van der Waals surface area (Å²) in [5.74, 6) is 0.00617. The number of carbonyl (C=O) groups excluding carboxylic acids is 1. The van der Waals surface area contributed by atoms with E-state index in [1.165, 1.54) is 6.26 Å². The molecule has 0 fully saturated rings. The van der Waals surface area contributed by atoms with Crippen LogP contribution in [0.2, 0.25) is 5.02 Å². The zero-order chi connectivity index (χ0) is 19.4. The van der Waals surface area contributed by atoms with E-state index in [1.807, 2.05) is 13.0 Å². The van der Waals surface area contributed by atoms with E-state index in [2.05, 4.69) is 0 Å². The molecule has 27 heavy (non-hydrogen) atoms. The van der Waals surface area contributed by atoms with Crippen molar-refractivity contribution in [3.63, 3.8) is 0 Å². The highest BCUT2D eigenvalue weighted by atomic mass is 35.5. The summed E-state index contributed by atoms with van der Waals surface area (Å²) >= 11 is 6.19. The fourth-order valence-electron chi connectivity index (χ4n) is 2.75. The van der Waals surface area contributed by atoms with Crippen LogP contribution in [0, 0.1) is 0 Å². The van der Waals surface area contributed by atoms with Gasteiger partial charge in [0, 0.05) is 16.7 Å². The minimum Gasteiger partial charge on any atom is -0.479 e. The third-order valence-corrected chi connectivity index (χ3v) is 4.44. The van der Waals surface area contributed by atoms with Crippen LogP contribution in [0.1, 0.15) is 20.3 Å². The topological polar surface area (TPSA) is 65.7 Å². The van der Waals surface area contributed by atoms with E-state index >= 15 is 0 Å². The molecule has 1 heterocycles. The molecule has 0 spiro atoms. The van der Waals surface area contributed by atoms with Crippen molar-refractivity contribution in [2.75, 3.05) is 6.61 Å². The zero-order valence-corrected chi connectivity index (χ0v) is 15.8. The third kappa shape index (κ3) is 3.98. The van der Waals surface area contributed by atoms with Crippen LogP contribution in [0.5, 0.6) is 5.75 Å². The first-order valence-electron chi connectivity index (χ1n) is 8.68. The maximum absolute atomic E-state index is 12.8. The van der Waals surface area contributed by atoms with Crippen LogP contribution in [0.4, 0.5) is 0 Å². The normalized spacial score (nSPS) is 12.0. The van der Waals surface area contributed by atoms with Crippen molar-refractivity contribution in [1.82, 2.24) is 0 Å². The molecule has 0 aliphatic carbocycles. The molecule has 0 saturated carbocycles. The molecule has 1 unspecified atom stereocenters. The van der Waals surface area contributed by atoms with Crippen LogP contribution in [0.3, 0.4) is 0 Å². The van der Waals surface area contributed by atoms with Crippen LogP contribution in [-0.2, 0) is 9.53 Å². The lowest BCUT2D eigenvalue weighted by molar-refractivity contribution is -0.151. The van der Waals surface area contributed by atoms with Gasteiger partial charge in [0.15, 0.2) is 6.10 Å². The van der Waals surface area contributed by atoms with Crippen LogP contribution < -0.4 is 10.2 Å². The van der Waals surface area contributed by atoms with Gasteiger partial charge in [-0.2, -0.15) is 0 Å². The highest BCUT2D eigenvalue weighted by Crippen LogP contribution is 2.28. The summed E-state index contributed by atoms with van der Waals surface area (Å²) in [4.78, 5) is 24.7. The molecule has 1 aromatic heterocycles. The highest BCUT2D eigenvalue weighted by Gasteiger charge is 2.20. The molecule has 5 nitrogen and oxygen atoms in total. The quantitative estimate of drug-likeness (QED) is 0.567. The number of ether oxygens (including phenoxy) is 2. The van der Waals surface area contributed by atoms with Gasteiger partial charge in [-0.05, 0) is 31.5 Å². The number of esters is 1. The molecule has 0 aliphatic rings. The summed E-state index contributed by atoms with van der Waals surface area (Å²) in [6, 6.07) is 11.9. The fourth-order valence-corrected chi connectivity index (χ4v) is 2.98. The molecule has 140 valence electrons. The van der Waals surface area contributed by atoms with Crippen molar-refractivity contribution < 1.29 is 18.7 Å². The summed E-state index contributed by atoms with van der Waals surface area (Å²) < 4.78 is 16.3. The molecular formula is C21H19ClO5. The van der Waals surface area contributed by atoms with Crippen molar-refractivity contribution in [2.24, 2.45) is 0 Å². The van der Waals surface area contributed by atoms with Gasteiger partial charge in [0.25, 0.3) is 0 Å². The molecule has 0 saturated heterocycles. The molecule has 0 radical (unpaired) electrons. The van der Waals surface area contributed by atoms with E-state index in [0.29, 0.717) is 39.3 Å². The van der Waals surface area contributed by atoms with Crippen molar-refractivity contribution >= 4 is 28.5 Å². The third-order valence-electron chi connectivity index (χ3n) is 4.11. The van der Waals surface area contributed by atoms with Crippen LogP contribution in [-0.4, -0.2) is 18.7 Å². The van der Waals surface area contributed by atoms with Gasteiger partial charge < -0.3 is 13.9 Å². The molecule has 3 rings (SSSR count). The Hall–Kier alpha value is -2.79. The van der Waals surface area contributed by atoms with Gasteiger partial charge in [-0.1, -0.05) is 36.7 Å². The van der Waals surface area contributed by atoms with Crippen molar-refractivity contribution in [3.8, 4) is 16.9 Å². The molecular weight excluding hydrogens is 368 g/mol. The molecule has 3 aromatic rings. The Morgan fingerprint density at radius 1 is 1.15 bits per heavy atom. The second-order valence-electron chi connectivity index (χ2n) is 5.88. The predicted octanol–water partition coefficient (Wildman–Crippen LogP) is 4.83. The highest BCUT2D eigenvalue weighted by molar-refractivity contribution is 6.33. The Bertz CT molecular complexity index is 1020. The lowest BCUT2D eigenvalue weighted by Gasteiger charge is -2.16. The van der Waals surface area contributed by atoms with Crippen LogP contribution in [0.15, 0.2) is 57.9 Å². The van der Waals surface area contributed by atoms with Gasteiger partial charge in [-0.3, -0.25) is 4.79 Å². The molecule has 1 atom stereocenters. The van der Waals surface area contributed by atoms with E-state index < -0.39 is 12.1 Å². The Labute approximate surface area is 161 Å². The number of halogens is 1. The van der Waals surface area contributed by atoms with Gasteiger partial charge >= 0.3 is 5.97 Å². The number of fused-ring (bicyclic) bond motifs is 1. The summed E-state index contributed by atoms with van der Waals surface area (Å²) in [5, 5.41) is 0.883. The van der Waals surface area contributed by atoms with E-state index in [-0.39, 0.29) is 12.0 Å². The monoisotopic (exact) mass is 386 g/mol. The number of benzene rings is 2. The van der Waals surface area contributed by atoms with Gasteiger partial charge in [-0.25, -0.2) is 4.79 Å². The first kappa shape index (κ1) is 19.0. The summed E-state index contributed by atoms with van der Waals surface area (Å²) in [7, 11) is 0. The first-order valence-corrected chi connectivity index (χ1v) is 9.06. The van der Waals surface area contributed by atoms with E-state index in [1.54, 1.807) is 43.3 Å². The fraction of sp³-hybridized carbons (Fsp3) is 0.238. The number of hydrogen-bond donors (Lipinski definition) is 0. The Morgan fingerprint density at radius 3 is 2.63 bits per heavy atom.